The van der Waals surface area contributed by atoms with E-state index in [1.165, 1.54) is 16.4 Å². The van der Waals surface area contributed by atoms with Gasteiger partial charge in [-0.25, -0.2) is 8.42 Å². The van der Waals surface area contributed by atoms with Gasteiger partial charge in [-0.15, -0.1) is 0 Å². The summed E-state index contributed by atoms with van der Waals surface area (Å²) >= 11 is 6.18. The zero-order valence-electron chi connectivity index (χ0n) is 16.2. The molecular formula is C22H21ClN2O4S. The molecule has 0 saturated carbocycles. The number of nitrogens with zero attached hydrogens (tertiary/aromatic N) is 1. The Morgan fingerprint density at radius 3 is 2.57 bits per heavy atom. The Kier molecular flexibility index (Phi) is 6.06. The molecule has 156 valence electrons. The summed E-state index contributed by atoms with van der Waals surface area (Å²) in [6.07, 6.45) is 0.176. The lowest BCUT2D eigenvalue weighted by atomic mass is 10.0. The van der Waals surface area contributed by atoms with Crippen LogP contribution in [0.2, 0.25) is 5.02 Å². The first-order chi connectivity index (χ1) is 14.4. The molecule has 0 aliphatic carbocycles. The molecule has 4 rings (SSSR count). The van der Waals surface area contributed by atoms with Crippen molar-refractivity contribution in [1.82, 2.24) is 4.31 Å². The first-order valence-corrected chi connectivity index (χ1v) is 11.4. The minimum Gasteiger partial charge on any atom is -0.379 e. The van der Waals surface area contributed by atoms with Gasteiger partial charge in [0.1, 0.15) is 4.90 Å². The smallest absolute Gasteiger partial charge is 0.244 e. The van der Waals surface area contributed by atoms with E-state index >= 15 is 0 Å². The average Bonchev–Trinajstić information content (AvgIpc) is 2.76. The fourth-order valence-electron chi connectivity index (χ4n) is 3.53. The Morgan fingerprint density at radius 2 is 1.77 bits per heavy atom. The summed E-state index contributed by atoms with van der Waals surface area (Å²) in [5.41, 5.74) is 1.29. The summed E-state index contributed by atoms with van der Waals surface area (Å²) in [6, 6.07) is 18.2. The Morgan fingerprint density at radius 1 is 1.03 bits per heavy atom. The van der Waals surface area contributed by atoms with E-state index in [0.717, 1.165) is 16.3 Å². The minimum absolute atomic E-state index is 0.0194. The number of amides is 1. The van der Waals surface area contributed by atoms with E-state index in [2.05, 4.69) is 5.32 Å². The number of halogens is 1. The summed E-state index contributed by atoms with van der Waals surface area (Å²) in [5, 5.41) is 4.99. The van der Waals surface area contributed by atoms with Crippen LogP contribution in [0.3, 0.4) is 0 Å². The van der Waals surface area contributed by atoms with Crippen LogP contribution in [0, 0.1) is 0 Å². The molecule has 1 aliphatic rings. The number of hydrogen-bond acceptors (Lipinski definition) is 4. The predicted octanol–water partition coefficient (Wildman–Crippen LogP) is 3.70. The summed E-state index contributed by atoms with van der Waals surface area (Å²) < 4.78 is 32.5. The molecule has 30 heavy (non-hydrogen) atoms. The molecule has 3 aromatic carbocycles. The molecule has 1 N–H and O–H groups in total. The highest BCUT2D eigenvalue weighted by Gasteiger charge is 2.28. The molecule has 0 unspecified atom stereocenters. The van der Waals surface area contributed by atoms with Gasteiger partial charge < -0.3 is 10.1 Å². The maximum absolute atomic E-state index is 13.0. The van der Waals surface area contributed by atoms with E-state index < -0.39 is 10.0 Å². The number of benzene rings is 3. The predicted molar refractivity (Wildman–Crippen MR) is 117 cm³/mol. The van der Waals surface area contributed by atoms with Crippen LogP contribution in [0.5, 0.6) is 0 Å². The highest BCUT2D eigenvalue weighted by Crippen LogP contribution is 2.28. The molecule has 1 heterocycles. The molecule has 1 fully saturated rings. The van der Waals surface area contributed by atoms with Crippen molar-refractivity contribution in [3.05, 3.63) is 71.2 Å². The van der Waals surface area contributed by atoms with E-state index in [1.807, 2.05) is 42.5 Å². The summed E-state index contributed by atoms with van der Waals surface area (Å²) in [5.74, 6) is -0.233. The van der Waals surface area contributed by atoms with E-state index in [0.29, 0.717) is 18.9 Å². The molecular weight excluding hydrogens is 424 g/mol. The number of carbonyl (C=O) groups excluding carboxylic acids is 1. The molecule has 8 heteroatoms. The zero-order valence-corrected chi connectivity index (χ0v) is 17.7. The Labute approximate surface area is 180 Å². The Balaban J connectivity index is 1.55. The molecule has 3 aromatic rings. The Bertz CT molecular complexity index is 1190. The number of morpholine rings is 1. The molecule has 1 amide bonds. The first kappa shape index (κ1) is 20.8. The third kappa shape index (κ3) is 4.34. The minimum atomic E-state index is -3.77. The maximum Gasteiger partial charge on any atom is 0.244 e. The number of rotatable bonds is 5. The second-order valence-corrected chi connectivity index (χ2v) is 9.34. The van der Waals surface area contributed by atoms with Crippen molar-refractivity contribution in [3.8, 4) is 0 Å². The third-order valence-corrected chi connectivity index (χ3v) is 7.41. The van der Waals surface area contributed by atoms with Crippen LogP contribution in [-0.4, -0.2) is 44.9 Å². The van der Waals surface area contributed by atoms with Gasteiger partial charge in [0.25, 0.3) is 0 Å². The fourth-order valence-corrected chi connectivity index (χ4v) is 5.44. The summed E-state index contributed by atoms with van der Waals surface area (Å²) in [7, 11) is -3.77. The number of hydrogen-bond donors (Lipinski definition) is 1. The molecule has 0 radical (unpaired) electrons. The van der Waals surface area contributed by atoms with Crippen molar-refractivity contribution in [2.75, 3.05) is 31.6 Å². The monoisotopic (exact) mass is 444 g/mol. The van der Waals surface area contributed by atoms with Gasteiger partial charge in [-0.3, -0.25) is 4.79 Å². The van der Waals surface area contributed by atoms with Gasteiger partial charge in [0.2, 0.25) is 15.9 Å². The number of fused-ring (bicyclic) bond motifs is 1. The van der Waals surface area contributed by atoms with E-state index in [9.17, 15) is 13.2 Å². The van der Waals surface area contributed by atoms with Gasteiger partial charge >= 0.3 is 0 Å². The van der Waals surface area contributed by atoms with Crippen molar-refractivity contribution in [3.63, 3.8) is 0 Å². The second-order valence-electron chi connectivity index (χ2n) is 7.02. The van der Waals surface area contributed by atoms with E-state index in [4.69, 9.17) is 16.3 Å². The molecule has 6 nitrogen and oxygen atoms in total. The molecule has 0 atom stereocenters. The summed E-state index contributed by atoms with van der Waals surface area (Å²) in [4.78, 5) is 12.6. The summed E-state index contributed by atoms with van der Waals surface area (Å²) in [6.45, 7) is 1.24. The number of ether oxygens (including phenoxy) is 1. The van der Waals surface area contributed by atoms with Crippen molar-refractivity contribution in [1.29, 1.82) is 0 Å². The molecule has 0 bridgehead atoms. The van der Waals surface area contributed by atoms with Crippen LogP contribution in [0.25, 0.3) is 10.8 Å². The largest absolute Gasteiger partial charge is 0.379 e. The van der Waals surface area contributed by atoms with Crippen LogP contribution in [0.1, 0.15) is 5.56 Å². The topological polar surface area (TPSA) is 75.7 Å². The maximum atomic E-state index is 13.0. The van der Waals surface area contributed by atoms with E-state index in [1.54, 1.807) is 6.07 Å². The van der Waals surface area contributed by atoms with Gasteiger partial charge in [-0.05, 0) is 34.5 Å². The van der Waals surface area contributed by atoms with Crippen LogP contribution in [0.4, 0.5) is 5.69 Å². The third-order valence-electron chi connectivity index (χ3n) is 5.03. The molecule has 0 aromatic heterocycles. The standard InChI is InChI=1S/C22H21ClN2O4S/c23-20-9-8-18(15-21(20)30(27,28)25-10-12-29-13-11-25)24-22(26)14-17-6-3-5-16-4-1-2-7-19(16)17/h1-9,15H,10-14H2,(H,24,26). The van der Waals surface area contributed by atoms with Crippen molar-refractivity contribution >= 4 is 44.0 Å². The van der Waals surface area contributed by atoms with Gasteiger partial charge in [-0.1, -0.05) is 54.1 Å². The van der Waals surface area contributed by atoms with Gasteiger partial charge in [0, 0.05) is 18.8 Å². The van der Waals surface area contributed by atoms with E-state index in [-0.39, 0.29) is 35.3 Å². The second kappa shape index (κ2) is 8.73. The molecule has 1 aliphatic heterocycles. The number of anilines is 1. The van der Waals surface area contributed by atoms with Crippen LogP contribution in [0.15, 0.2) is 65.6 Å². The van der Waals surface area contributed by atoms with Crippen molar-refractivity contribution < 1.29 is 17.9 Å². The SMILES string of the molecule is O=C(Cc1cccc2ccccc12)Nc1ccc(Cl)c(S(=O)(=O)N2CCOCC2)c1. The lowest BCUT2D eigenvalue weighted by Crippen LogP contribution is -2.40. The zero-order chi connectivity index (χ0) is 21.1. The van der Waals surface area contributed by atoms with Crippen molar-refractivity contribution in [2.24, 2.45) is 0 Å². The number of sulfonamides is 1. The van der Waals surface area contributed by atoms with Gasteiger partial charge in [0.15, 0.2) is 0 Å². The van der Waals surface area contributed by atoms with Gasteiger partial charge in [0.05, 0.1) is 24.7 Å². The fraction of sp³-hybridized carbons (Fsp3) is 0.227. The van der Waals surface area contributed by atoms with Gasteiger partial charge in [-0.2, -0.15) is 4.31 Å². The molecule has 1 saturated heterocycles. The lowest BCUT2D eigenvalue weighted by molar-refractivity contribution is -0.115. The molecule has 0 spiro atoms. The van der Waals surface area contributed by atoms with Crippen LogP contribution in [-0.2, 0) is 26.0 Å². The highest BCUT2D eigenvalue weighted by atomic mass is 35.5. The average molecular weight is 445 g/mol. The van der Waals surface area contributed by atoms with Crippen LogP contribution < -0.4 is 5.32 Å². The quantitative estimate of drug-likeness (QED) is 0.651. The van der Waals surface area contributed by atoms with Crippen molar-refractivity contribution in [2.45, 2.75) is 11.3 Å². The number of carbonyl (C=O) groups is 1. The highest BCUT2D eigenvalue weighted by molar-refractivity contribution is 7.89. The van der Waals surface area contributed by atoms with Crippen LogP contribution >= 0.6 is 11.6 Å². The number of nitrogens with one attached hydrogen (secondary N) is 1. The first-order valence-electron chi connectivity index (χ1n) is 9.59. The lowest BCUT2D eigenvalue weighted by Gasteiger charge is -2.26. The normalized spacial score (nSPS) is 15.2. The Hall–Kier alpha value is -2.45.